The molecule has 0 atom stereocenters. The monoisotopic (exact) mass is 602 g/mol. The topological polar surface area (TPSA) is 171 Å². The van der Waals surface area contributed by atoms with Crippen molar-refractivity contribution in [1.29, 1.82) is 36.8 Å². The van der Waals surface area contributed by atoms with E-state index in [1.54, 1.807) is 30.3 Å². The van der Waals surface area contributed by atoms with Gasteiger partial charge in [0.1, 0.15) is 35.7 Å². The molecule has 0 aromatic heterocycles. The van der Waals surface area contributed by atoms with E-state index in [0.29, 0.717) is 0 Å². The van der Waals surface area contributed by atoms with Gasteiger partial charge in [0.2, 0.25) is 5.70 Å². The van der Waals surface area contributed by atoms with E-state index in [-0.39, 0.29) is 33.4 Å². The molecule has 0 fully saturated rings. The molecule has 46 heavy (non-hydrogen) atoms. The first-order valence-corrected chi connectivity index (χ1v) is 12.5. The first-order valence-electron chi connectivity index (χ1n) is 12.5. The van der Waals surface area contributed by atoms with Gasteiger partial charge < -0.3 is 0 Å². The number of hydrogen-bond acceptors (Lipinski definition) is 7. The number of allylic oxidation sites excluding steroid dienone is 7. The van der Waals surface area contributed by atoms with E-state index < -0.39 is 79.1 Å². The number of fused-ring (bicyclic) bond motifs is 2. The molecule has 0 unspecified atom stereocenters. The van der Waals surface area contributed by atoms with Crippen molar-refractivity contribution < 1.29 is 17.6 Å². The summed E-state index contributed by atoms with van der Waals surface area (Å²) in [6.45, 7) is 7.77. The summed E-state index contributed by atoms with van der Waals surface area (Å²) in [4.78, 5) is 3.25. The van der Waals surface area contributed by atoms with Crippen LogP contribution in [0, 0.1) is 97.5 Å². The fraction of sp³-hybridized carbons (Fsp3) is 0. The highest BCUT2D eigenvalue weighted by Gasteiger charge is 2.44. The van der Waals surface area contributed by atoms with Gasteiger partial charge in [0.05, 0.1) is 69.8 Å². The Morgan fingerprint density at radius 1 is 0.522 bits per heavy atom. The van der Waals surface area contributed by atoms with E-state index in [1.165, 1.54) is 12.1 Å². The largest absolute Gasteiger partial charge is 0.237 e. The molecule has 3 aromatic carbocycles. The van der Waals surface area contributed by atoms with Gasteiger partial charge in [-0.3, -0.25) is 0 Å². The molecule has 0 spiro atoms. The van der Waals surface area contributed by atoms with E-state index in [9.17, 15) is 36.8 Å². The third-order valence-corrected chi connectivity index (χ3v) is 7.13. The average molecular weight is 602 g/mol. The van der Waals surface area contributed by atoms with Crippen LogP contribution in [0.2, 0.25) is 0 Å². The highest BCUT2D eigenvalue weighted by Crippen LogP contribution is 2.55. The number of nitriles is 7. The average Bonchev–Trinajstić information content (AvgIpc) is 3.54. The lowest BCUT2D eigenvalue weighted by Gasteiger charge is -2.15. The van der Waals surface area contributed by atoms with Crippen molar-refractivity contribution >= 4 is 33.6 Å². The molecule has 210 valence electrons. The highest BCUT2D eigenvalue weighted by atomic mass is 19.1. The lowest BCUT2D eigenvalue weighted by molar-refractivity contribution is 0.590. The standard InChI is InChI=1S/C34H6F4N8/c1-46-34(20-6-17(10-41)3-18(7-20)11-42)29-28-26(23(14-45)31(29)36)32(37)25-22(13-44)30(35)24(27(25)33(28)38)21(12-43)19-4-15(8-39)2-16(5-19)9-40/h2-7H/b24-21-,34-29+. The van der Waals surface area contributed by atoms with Crippen LogP contribution in [0.5, 0.6) is 0 Å². The molecule has 0 radical (unpaired) electrons. The Hall–Kier alpha value is -7.74. The van der Waals surface area contributed by atoms with Crippen molar-refractivity contribution in [2.45, 2.75) is 0 Å². The van der Waals surface area contributed by atoms with Gasteiger partial charge in [0.25, 0.3) is 0 Å². The van der Waals surface area contributed by atoms with E-state index in [2.05, 4.69) is 4.85 Å². The zero-order chi connectivity index (χ0) is 33.4. The Labute approximate surface area is 257 Å². The molecule has 0 amide bonds. The van der Waals surface area contributed by atoms with Crippen molar-refractivity contribution in [3.63, 3.8) is 0 Å². The van der Waals surface area contributed by atoms with Gasteiger partial charge in [-0.2, -0.15) is 36.8 Å². The fourth-order valence-electron chi connectivity index (χ4n) is 5.31. The SMILES string of the molecule is [C-]#[N+]/C(=C1/C(F)=C(C#N)c2c(F)c3c(c(F)c21)/C(=C(\C#N)c1cc(C#N)cc(C#N)c1)C(F)=C3C#N)c1cc(C#N)cc(C#N)c1. The second-order valence-corrected chi connectivity index (χ2v) is 9.47. The smallest absolute Gasteiger partial charge is 0.205 e. The van der Waals surface area contributed by atoms with Crippen LogP contribution in [0.4, 0.5) is 17.6 Å². The third kappa shape index (κ3) is 4.15. The zero-order valence-electron chi connectivity index (χ0n) is 22.6. The predicted molar refractivity (Wildman–Crippen MR) is 151 cm³/mol. The molecule has 0 saturated heterocycles. The summed E-state index contributed by atoms with van der Waals surface area (Å²) in [5.74, 6) is -6.28. The Bertz CT molecular complexity index is 2260. The van der Waals surface area contributed by atoms with Crippen LogP contribution in [-0.4, -0.2) is 0 Å². The normalized spacial score (nSPS) is 14.7. The lowest BCUT2D eigenvalue weighted by atomic mass is 9.88. The van der Waals surface area contributed by atoms with Gasteiger partial charge in [-0.1, -0.05) is 0 Å². The van der Waals surface area contributed by atoms with Crippen molar-refractivity contribution in [3.05, 3.63) is 127 Å². The van der Waals surface area contributed by atoms with Crippen LogP contribution in [0.3, 0.4) is 0 Å². The molecule has 2 aliphatic rings. The molecule has 8 nitrogen and oxygen atoms in total. The molecule has 3 aromatic rings. The summed E-state index contributed by atoms with van der Waals surface area (Å²) in [6, 6.07) is 18.2. The molecule has 5 rings (SSSR count). The number of nitrogens with zero attached hydrogens (tertiary/aromatic N) is 8. The molecule has 0 bridgehead atoms. The first kappa shape index (κ1) is 29.7. The van der Waals surface area contributed by atoms with Crippen LogP contribution >= 0.6 is 0 Å². The van der Waals surface area contributed by atoms with Gasteiger partial charge >= 0.3 is 0 Å². The van der Waals surface area contributed by atoms with Crippen molar-refractivity contribution in [3.8, 4) is 42.5 Å². The Morgan fingerprint density at radius 2 is 0.913 bits per heavy atom. The van der Waals surface area contributed by atoms with E-state index in [0.717, 1.165) is 36.4 Å². The first-order chi connectivity index (χ1) is 22.1. The van der Waals surface area contributed by atoms with E-state index in [1.807, 2.05) is 0 Å². The van der Waals surface area contributed by atoms with Crippen LogP contribution in [0.25, 0.3) is 38.4 Å². The third-order valence-electron chi connectivity index (χ3n) is 7.13. The molecule has 0 heterocycles. The Balaban J connectivity index is 1.99. The number of hydrogen-bond donors (Lipinski definition) is 0. The van der Waals surface area contributed by atoms with Crippen LogP contribution in [-0.2, 0) is 0 Å². The van der Waals surface area contributed by atoms with Gasteiger partial charge in [0, 0.05) is 33.4 Å². The van der Waals surface area contributed by atoms with Gasteiger partial charge in [-0.25, -0.2) is 22.4 Å². The summed E-state index contributed by atoms with van der Waals surface area (Å²) in [5, 5.41) is 67.2. The molecular weight excluding hydrogens is 596 g/mol. The van der Waals surface area contributed by atoms with Gasteiger partial charge in [-0.05, 0) is 47.5 Å². The predicted octanol–water partition coefficient (Wildman–Crippen LogP) is 7.11. The number of rotatable bonds is 2. The quantitative estimate of drug-likeness (QED) is 0.171. The van der Waals surface area contributed by atoms with Gasteiger partial charge in [-0.15, -0.1) is 0 Å². The summed E-state index contributed by atoms with van der Waals surface area (Å²) in [5.41, 5.74) is -10.6. The highest BCUT2D eigenvalue weighted by molar-refractivity contribution is 6.18. The molecule has 12 heteroatoms. The molecule has 2 aliphatic carbocycles. The second-order valence-electron chi connectivity index (χ2n) is 9.47. The molecule has 0 N–H and O–H groups in total. The maximum absolute atomic E-state index is 16.9. The van der Waals surface area contributed by atoms with Crippen molar-refractivity contribution in [1.82, 2.24) is 0 Å². The number of halogens is 4. The minimum absolute atomic E-state index is 0.135. The lowest BCUT2D eigenvalue weighted by Crippen LogP contribution is -2.05. The zero-order valence-corrected chi connectivity index (χ0v) is 22.6. The number of benzene rings is 3. The molecule has 0 saturated carbocycles. The Kier molecular flexibility index (Phi) is 7.21. The summed E-state index contributed by atoms with van der Waals surface area (Å²) >= 11 is 0. The summed E-state index contributed by atoms with van der Waals surface area (Å²) in [7, 11) is 0. The molecular formula is C34H6F4N8. The van der Waals surface area contributed by atoms with Crippen LogP contribution < -0.4 is 0 Å². The van der Waals surface area contributed by atoms with Crippen LogP contribution in [0.1, 0.15) is 55.6 Å². The summed E-state index contributed by atoms with van der Waals surface area (Å²) in [6.07, 6.45) is 0. The van der Waals surface area contributed by atoms with Crippen molar-refractivity contribution in [2.75, 3.05) is 0 Å². The van der Waals surface area contributed by atoms with Gasteiger partial charge in [0.15, 0.2) is 5.83 Å². The minimum Gasteiger partial charge on any atom is -0.237 e. The van der Waals surface area contributed by atoms with E-state index in [4.69, 9.17) is 6.57 Å². The molecule has 0 aliphatic heterocycles. The van der Waals surface area contributed by atoms with Crippen LogP contribution in [0.15, 0.2) is 48.1 Å². The minimum atomic E-state index is -1.60. The van der Waals surface area contributed by atoms with E-state index >= 15 is 17.6 Å². The second kappa shape index (κ2) is 11.2. The van der Waals surface area contributed by atoms with Crippen molar-refractivity contribution in [2.24, 2.45) is 0 Å². The maximum Gasteiger partial charge on any atom is 0.205 e. The summed E-state index contributed by atoms with van der Waals surface area (Å²) < 4.78 is 65.3. The Morgan fingerprint density at radius 3 is 1.30 bits per heavy atom. The maximum atomic E-state index is 16.9. The fourth-order valence-corrected chi connectivity index (χ4v) is 5.31.